The SMILES string of the molecule is COCCOCCNC(=O)COCCOCCNC(=O)CC[C@H](NC(=O)CCCCCCCCCOc1ccc(C(=O)O)cc1)C(=O)O. The summed E-state index contributed by atoms with van der Waals surface area (Å²) in [6, 6.07) is 5.17. The molecule has 1 aromatic rings. The molecule has 0 aliphatic heterocycles. The lowest BCUT2D eigenvalue weighted by Crippen LogP contribution is -2.41. The Hall–Kier alpha value is -3.79. The molecular weight excluding hydrogens is 630 g/mol. The molecule has 0 saturated carbocycles. The second-order valence-electron chi connectivity index (χ2n) is 10.9. The van der Waals surface area contributed by atoms with Gasteiger partial charge in [-0.1, -0.05) is 32.1 Å². The van der Waals surface area contributed by atoms with Gasteiger partial charge in [0.05, 0.1) is 51.8 Å². The third-order valence-corrected chi connectivity index (χ3v) is 6.89. The second-order valence-corrected chi connectivity index (χ2v) is 10.9. The van der Waals surface area contributed by atoms with Crippen molar-refractivity contribution in [3.8, 4) is 5.75 Å². The average Bonchev–Trinajstić information content (AvgIpc) is 3.06. The van der Waals surface area contributed by atoms with Gasteiger partial charge in [0, 0.05) is 33.0 Å². The van der Waals surface area contributed by atoms with E-state index in [0.717, 1.165) is 38.5 Å². The number of rotatable bonds is 31. The van der Waals surface area contributed by atoms with Gasteiger partial charge in [-0.2, -0.15) is 0 Å². The number of methoxy groups -OCH3 is 1. The molecule has 15 heteroatoms. The molecule has 0 aliphatic carbocycles. The van der Waals surface area contributed by atoms with Crippen LogP contribution in [-0.4, -0.2) is 119 Å². The fraction of sp³-hybridized carbons (Fsp3) is 0.667. The number of amides is 3. The predicted molar refractivity (Wildman–Crippen MR) is 175 cm³/mol. The van der Waals surface area contributed by atoms with Crippen molar-refractivity contribution in [2.24, 2.45) is 0 Å². The van der Waals surface area contributed by atoms with Crippen LogP contribution in [0.3, 0.4) is 0 Å². The van der Waals surface area contributed by atoms with Crippen molar-refractivity contribution >= 4 is 29.7 Å². The normalized spacial score (nSPS) is 11.4. The van der Waals surface area contributed by atoms with Crippen LogP contribution in [0.2, 0.25) is 0 Å². The Labute approximate surface area is 282 Å². The molecular formula is C33H53N3O12. The summed E-state index contributed by atoms with van der Waals surface area (Å²) in [7, 11) is 1.58. The zero-order chi connectivity index (χ0) is 35.2. The molecule has 0 spiro atoms. The Morgan fingerprint density at radius 2 is 1.23 bits per heavy atom. The van der Waals surface area contributed by atoms with Crippen LogP contribution in [0.1, 0.15) is 74.6 Å². The Kier molecular flexibility index (Phi) is 24.8. The summed E-state index contributed by atoms with van der Waals surface area (Å²) in [6.07, 6.45) is 6.55. The van der Waals surface area contributed by atoms with Gasteiger partial charge >= 0.3 is 11.9 Å². The number of nitrogens with one attached hydrogen (secondary N) is 3. The van der Waals surface area contributed by atoms with Crippen LogP contribution in [0, 0.1) is 0 Å². The van der Waals surface area contributed by atoms with Gasteiger partial charge in [0.25, 0.3) is 0 Å². The van der Waals surface area contributed by atoms with Crippen molar-refractivity contribution in [2.75, 3.05) is 73.1 Å². The van der Waals surface area contributed by atoms with E-state index >= 15 is 0 Å². The smallest absolute Gasteiger partial charge is 0.335 e. The average molecular weight is 684 g/mol. The van der Waals surface area contributed by atoms with Crippen LogP contribution in [-0.2, 0) is 38.1 Å². The van der Waals surface area contributed by atoms with Gasteiger partial charge in [-0.05, 0) is 43.5 Å². The number of carboxylic acid groups (broad SMARTS) is 2. The van der Waals surface area contributed by atoms with E-state index in [-0.39, 0.29) is 75.5 Å². The van der Waals surface area contributed by atoms with E-state index in [1.165, 1.54) is 12.1 Å². The van der Waals surface area contributed by atoms with Crippen molar-refractivity contribution in [1.82, 2.24) is 16.0 Å². The first-order valence-corrected chi connectivity index (χ1v) is 16.5. The van der Waals surface area contributed by atoms with Gasteiger partial charge in [-0.15, -0.1) is 0 Å². The summed E-state index contributed by atoms with van der Waals surface area (Å²) in [6.45, 7) is 3.06. The molecule has 48 heavy (non-hydrogen) atoms. The number of carbonyl (C=O) groups is 5. The number of hydrogen-bond donors (Lipinski definition) is 5. The highest BCUT2D eigenvalue weighted by Gasteiger charge is 2.20. The van der Waals surface area contributed by atoms with Gasteiger partial charge in [-0.3, -0.25) is 14.4 Å². The van der Waals surface area contributed by atoms with Crippen molar-refractivity contribution in [3.63, 3.8) is 0 Å². The standard InChI is InChI=1S/C33H53N3O12/c1-44-21-22-45-20-17-35-31(39)25-47-24-23-46-19-16-34-29(37)15-14-28(33(42)43)36-30(38)9-7-5-3-2-4-6-8-18-48-27-12-10-26(11-13-27)32(40)41/h10-13,28H,2-9,14-25H2,1H3,(H,34,37)(H,35,39)(H,36,38)(H,40,41)(H,42,43)/t28-/m0/s1. The molecule has 1 atom stereocenters. The zero-order valence-electron chi connectivity index (χ0n) is 28.0. The minimum absolute atomic E-state index is 0.0275. The molecule has 0 heterocycles. The van der Waals surface area contributed by atoms with Gasteiger partial charge < -0.3 is 49.8 Å². The van der Waals surface area contributed by atoms with E-state index in [1.807, 2.05) is 0 Å². The third kappa shape index (κ3) is 23.5. The highest BCUT2D eigenvalue weighted by molar-refractivity contribution is 5.87. The molecule has 0 saturated heterocycles. The number of unbranched alkanes of at least 4 members (excludes halogenated alkanes) is 6. The number of benzene rings is 1. The van der Waals surface area contributed by atoms with Gasteiger partial charge in [-0.25, -0.2) is 9.59 Å². The molecule has 272 valence electrons. The Balaban J connectivity index is 1.99. The quantitative estimate of drug-likeness (QED) is 0.0714. The van der Waals surface area contributed by atoms with E-state index in [1.54, 1.807) is 19.2 Å². The van der Waals surface area contributed by atoms with Crippen LogP contribution in [0.5, 0.6) is 5.75 Å². The topological polar surface area (TPSA) is 208 Å². The molecule has 15 nitrogen and oxygen atoms in total. The maximum Gasteiger partial charge on any atom is 0.335 e. The molecule has 0 aliphatic rings. The fourth-order valence-corrected chi connectivity index (χ4v) is 4.25. The van der Waals surface area contributed by atoms with Gasteiger partial charge in [0.2, 0.25) is 17.7 Å². The monoisotopic (exact) mass is 683 g/mol. The molecule has 0 aromatic heterocycles. The van der Waals surface area contributed by atoms with Crippen molar-refractivity contribution in [2.45, 2.75) is 70.3 Å². The summed E-state index contributed by atoms with van der Waals surface area (Å²) < 4.78 is 26.3. The zero-order valence-corrected chi connectivity index (χ0v) is 28.0. The molecule has 3 amide bonds. The maximum atomic E-state index is 12.2. The highest BCUT2D eigenvalue weighted by atomic mass is 16.5. The minimum Gasteiger partial charge on any atom is -0.494 e. The maximum absolute atomic E-state index is 12.2. The van der Waals surface area contributed by atoms with Crippen LogP contribution >= 0.6 is 0 Å². The first kappa shape index (κ1) is 42.2. The molecule has 0 unspecified atom stereocenters. The van der Waals surface area contributed by atoms with Gasteiger partial charge in [0.1, 0.15) is 18.4 Å². The summed E-state index contributed by atoms with van der Waals surface area (Å²) in [5.41, 5.74) is 0.221. The molecule has 0 fully saturated rings. The van der Waals surface area contributed by atoms with Crippen LogP contribution in [0.15, 0.2) is 24.3 Å². The Morgan fingerprint density at radius 1 is 0.646 bits per heavy atom. The minimum atomic E-state index is -1.19. The molecule has 5 N–H and O–H groups in total. The number of aliphatic carboxylic acids is 1. The first-order chi connectivity index (χ1) is 23.2. The van der Waals surface area contributed by atoms with Crippen LogP contribution < -0.4 is 20.7 Å². The number of carboxylic acids is 2. The van der Waals surface area contributed by atoms with Gasteiger partial charge in [0.15, 0.2) is 0 Å². The summed E-state index contributed by atoms with van der Waals surface area (Å²) in [5.74, 6) is -2.48. The summed E-state index contributed by atoms with van der Waals surface area (Å²) >= 11 is 0. The molecule has 1 rings (SSSR count). The number of ether oxygens (including phenoxy) is 5. The van der Waals surface area contributed by atoms with Crippen molar-refractivity contribution in [1.29, 1.82) is 0 Å². The second kappa shape index (κ2) is 28.2. The Bertz CT molecular complexity index is 1050. The van der Waals surface area contributed by atoms with E-state index in [0.29, 0.717) is 45.1 Å². The Morgan fingerprint density at radius 3 is 1.85 bits per heavy atom. The number of hydrogen-bond acceptors (Lipinski definition) is 10. The predicted octanol–water partition coefficient (Wildman–Crippen LogP) is 2.16. The van der Waals surface area contributed by atoms with Crippen LogP contribution in [0.4, 0.5) is 0 Å². The van der Waals surface area contributed by atoms with E-state index < -0.39 is 18.0 Å². The summed E-state index contributed by atoms with van der Waals surface area (Å²) in [4.78, 5) is 58.4. The molecule has 0 bridgehead atoms. The third-order valence-electron chi connectivity index (χ3n) is 6.89. The van der Waals surface area contributed by atoms with Crippen molar-refractivity contribution in [3.05, 3.63) is 29.8 Å². The first-order valence-electron chi connectivity index (χ1n) is 16.5. The lowest BCUT2D eigenvalue weighted by molar-refractivity contribution is -0.142. The highest BCUT2D eigenvalue weighted by Crippen LogP contribution is 2.14. The van der Waals surface area contributed by atoms with E-state index in [2.05, 4.69) is 16.0 Å². The molecule has 0 radical (unpaired) electrons. The fourth-order valence-electron chi connectivity index (χ4n) is 4.25. The van der Waals surface area contributed by atoms with E-state index in [4.69, 9.17) is 28.8 Å². The number of carbonyl (C=O) groups excluding carboxylic acids is 3. The largest absolute Gasteiger partial charge is 0.494 e. The van der Waals surface area contributed by atoms with E-state index in [9.17, 15) is 29.1 Å². The lowest BCUT2D eigenvalue weighted by Gasteiger charge is -2.14. The lowest BCUT2D eigenvalue weighted by atomic mass is 10.1. The van der Waals surface area contributed by atoms with Crippen LogP contribution in [0.25, 0.3) is 0 Å². The molecule has 1 aromatic carbocycles. The number of aromatic carboxylic acids is 1. The summed E-state index contributed by atoms with van der Waals surface area (Å²) in [5, 5.41) is 26.2. The van der Waals surface area contributed by atoms with Crippen molar-refractivity contribution < 1.29 is 57.9 Å².